The molecule has 0 spiro atoms. The van der Waals surface area contributed by atoms with Gasteiger partial charge in [0.15, 0.2) is 0 Å². The standard InChI is InChI=1S/C32H29FN6O/c1-40-24-14-21(13-23(33)15-24)25-6-5-7-28-26(25)16-30(35-28)32-31-29(37-38-32)9-8-27(36-31)22-12-20(17-34-18-22)19-39-10-3-2-4-11-39/h5-9,12-18,35H,2-4,10-11,19H2,1H3,(H,37,38). The molecule has 2 N–H and O–H groups in total. The maximum Gasteiger partial charge on any atom is 0.135 e. The summed E-state index contributed by atoms with van der Waals surface area (Å²) in [6, 6.07) is 19.0. The van der Waals surface area contributed by atoms with Crippen molar-refractivity contribution in [2.45, 2.75) is 25.8 Å². The zero-order valence-corrected chi connectivity index (χ0v) is 22.2. The predicted molar refractivity (Wildman–Crippen MR) is 155 cm³/mol. The smallest absolute Gasteiger partial charge is 0.135 e. The lowest BCUT2D eigenvalue weighted by Gasteiger charge is -2.26. The maximum atomic E-state index is 14.3. The van der Waals surface area contributed by atoms with E-state index in [4.69, 9.17) is 9.72 Å². The van der Waals surface area contributed by atoms with Crippen molar-refractivity contribution in [3.63, 3.8) is 0 Å². The monoisotopic (exact) mass is 532 g/mol. The normalized spacial score (nSPS) is 14.2. The Labute approximate surface area is 231 Å². The molecule has 1 fully saturated rings. The summed E-state index contributed by atoms with van der Waals surface area (Å²) in [5.41, 5.74) is 8.81. The topological polar surface area (TPSA) is 82.7 Å². The van der Waals surface area contributed by atoms with Gasteiger partial charge in [-0.25, -0.2) is 9.37 Å². The third-order valence-electron chi connectivity index (χ3n) is 7.69. The first-order valence-corrected chi connectivity index (χ1v) is 13.6. The number of aromatic amines is 2. The molecule has 40 heavy (non-hydrogen) atoms. The van der Waals surface area contributed by atoms with Crippen LogP contribution in [0.4, 0.5) is 4.39 Å². The third kappa shape index (κ3) is 4.60. The Morgan fingerprint density at radius 3 is 2.70 bits per heavy atom. The minimum absolute atomic E-state index is 0.341. The van der Waals surface area contributed by atoms with E-state index < -0.39 is 0 Å². The van der Waals surface area contributed by atoms with Gasteiger partial charge in [-0.15, -0.1) is 0 Å². The van der Waals surface area contributed by atoms with Crippen molar-refractivity contribution in [2.24, 2.45) is 0 Å². The number of H-pyrrole nitrogens is 2. The van der Waals surface area contributed by atoms with E-state index >= 15 is 0 Å². The molecule has 1 saturated heterocycles. The highest BCUT2D eigenvalue weighted by Gasteiger charge is 2.17. The van der Waals surface area contributed by atoms with E-state index in [0.29, 0.717) is 5.75 Å². The van der Waals surface area contributed by atoms with Crippen molar-refractivity contribution >= 4 is 21.9 Å². The van der Waals surface area contributed by atoms with Crippen LogP contribution in [0.1, 0.15) is 24.8 Å². The second kappa shape index (κ2) is 10.2. The van der Waals surface area contributed by atoms with E-state index in [9.17, 15) is 4.39 Å². The lowest BCUT2D eigenvalue weighted by atomic mass is 10.0. The number of benzene rings is 2. The van der Waals surface area contributed by atoms with Crippen LogP contribution in [-0.4, -0.2) is 50.2 Å². The number of aromatic nitrogens is 5. The van der Waals surface area contributed by atoms with E-state index in [1.54, 1.807) is 7.11 Å². The van der Waals surface area contributed by atoms with Crippen LogP contribution in [-0.2, 0) is 6.54 Å². The van der Waals surface area contributed by atoms with Crippen LogP contribution < -0.4 is 4.74 Å². The fourth-order valence-corrected chi connectivity index (χ4v) is 5.71. The molecule has 0 unspecified atom stereocenters. The number of nitrogens with one attached hydrogen (secondary N) is 2. The highest BCUT2D eigenvalue weighted by molar-refractivity contribution is 6.00. The van der Waals surface area contributed by atoms with Crippen molar-refractivity contribution in [2.75, 3.05) is 20.2 Å². The lowest BCUT2D eigenvalue weighted by Crippen LogP contribution is -2.29. The molecule has 0 amide bonds. The minimum atomic E-state index is -0.341. The molecule has 4 aromatic heterocycles. The second-order valence-electron chi connectivity index (χ2n) is 10.4. The first kappa shape index (κ1) is 24.5. The number of piperidine rings is 1. The fraction of sp³-hybridized carbons (Fsp3) is 0.219. The Balaban J connectivity index is 1.26. The summed E-state index contributed by atoms with van der Waals surface area (Å²) in [6.07, 6.45) is 7.68. The van der Waals surface area contributed by atoms with E-state index in [0.717, 1.165) is 75.3 Å². The van der Waals surface area contributed by atoms with E-state index in [1.165, 1.54) is 37.0 Å². The van der Waals surface area contributed by atoms with Crippen LogP contribution in [0.25, 0.3) is 55.7 Å². The molecule has 7 nitrogen and oxygen atoms in total. The Bertz CT molecular complexity index is 1830. The summed E-state index contributed by atoms with van der Waals surface area (Å²) in [5.74, 6) is 0.138. The summed E-state index contributed by atoms with van der Waals surface area (Å²) < 4.78 is 19.6. The molecule has 1 aliphatic heterocycles. The minimum Gasteiger partial charge on any atom is -0.497 e. The van der Waals surface area contributed by atoms with Crippen molar-refractivity contribution in [1.82, 2.24) is 30.0 Å². The molecular weight excluding hydrogens is 503 g/mol. The number of fused-ring (bicyclic) bond motifs is 2. The van der Waals surface area contributed by atoms with E-state index in [1.807, 2.05) is 54.9 Å². The highest BCUT2D eigenvalue weighted by Crippen LogP contribution is 2.35. The van der Waals surface area contributed by atoms with Gasteiger partial charge < -0.3 is 9.72 Å². The average molecular weight is 533 g/mol. The summed E-state index contributed by atoms with van der Waals surface area (Å²) in [7, 11) is 1.54. The largest absolute Gasteiger partial charge is 0.497 e. The number of hydrogen-bond donors (Lipinski definition) is 2. The van der Waals surface area contributed by atoms with Gasteiger partial charge in [-0.1, -0.05) is 18.6 Å². The summed E-state index contributed by atoms with van der Waals surface area (Å²) in [5, 5.41) is 8.70. The summed E-state index contributed by atoms with van der Waals surface area (Å²) >= 11 is 0. The van der Waals surface area contributed by atoms with Gasteiger partial charge in [-0.2, -0.15) is 5.10 Å². The van der Waals surface area contributed by atoms with Crippen molar-refractivity contribution in [3.05, 3.63) is 84.4 Å². The third-order valence-corrected chi connectivity index (χ3v) is 7.69. The number of methoxy groups -OCH3 is 1. The molecule has 8 heteroatoms. The van der Waals surface area contributed by atoms with Crippen LogP contribution >= 0.6 is 0 Å². The molecule has 2 aromatic carbocycles. The van der Waals surface area contributed by atoms with Crippen LogP contribution in [0.15, 0.2) is 73.1 Å². The molecule has 0 saturated carbocycles. The van der Waals surface area contributed by atoms with Gasteiger partial charge in [0, 0.05) is 41.5 Å². The quantitative estimate of drug-likeness (QED) is 0.242. The second-order valence-corrected chi connectivity index (χ2v) is 10.4. The number of rotatable bonds is 6. The predicted octanol–water partition coefficient (Wildman–Crippen LogP) is 6.97. The Morgan fingerprint density at radius 2 is 1.82 bits per heavy atom. The van der Waals surface area contributed by atoms with Gasteiger partial charge in [0.25, 0.3) is 0 Å². The van der Waals surface area contributed by atoms with E-state index in [2.05, 4.69) is 31.1 Å². The van der Waals surface area contributed by atoms with Crippen LogP contribution in [0.2, 0.25) is 0 Å². The van der Waals surface area contributed by atoms with Gasteiger partial charge in [0.1, 0.15) is 22.8 Å². The molecule has 200 valence electrons. The molecule has 0 radical (unpaired) electrons. The lowest BCUT2D eigenvalue weighted by molar-refractivity contribution is 0.220. The highest BCUT2D eigenvalue weighted by atomic mass is 19.1. The van der Waals surface area contributed by atoms with Gasteiger partial charge >= 0.3 is 0 Å². The molecule has 6 aromatic rings. The molecule has 7 rings (SSSR count). The number of halogens is 1. The average Bonchev–Trinajstić information content (AvgIpc) is 3.61. The molecule has 0 atom stereocenters. The Hall–Kier alpha value is -4.56. The van der Waals surface area contributed by atoms with Crippen LogP contribution in [0.5, 0.6) is 5.75 Å². The Morgan fingerprint density at radius 1 is 0.925 bits per heavy atom. The first-order valence-electron chi connectivity index (χ1n) is 13.6. The van der Waals surface area contributed by atoms with Crippen LogP contribution in [0.3, 0.4) is 0 Å². The SMILES string of the molecule is COc1cc(F)cc(-c2cccc3[nH]c(-c4n[nH]c5ccc(-c6cncc(CN7CCCCC7)c6)nc45)cc23)c1. The van der Waals surface area contributed by atoms with E-state index in [-0.39, 0.29) is 5.82 Å². The summed E-state index contributed by atoms with van der Waals surface area (Å²) in [4.78, 5) is 15.5. The van der Waals surface area contributed by atoms with Crippen molar-refractivity contribution in [3.8, 4) is 39.5 Å². The molecular formula is C32H29FN6O. The summed E-state index contributed by atoms with van der Waals surface area (Å²) in [6.45, 7) is 3.20. The molecule has 1 aliphatic rings. The molecule has 0 bridgehead atoms. The van der Waals surface area contributed by atoms with Gasteiger partial charge in [0.2, 0.25) is 0 Å². The van der Waals surface area contributed by atoms with Crippen molar-refractivity contribution in [1.29, 1.82) is 0 Å². The number of pyridine rings is 2. The molecule has 0 aliphatic carbocycles. The number of ether oxygens (including phenoxy) is 1. The molecule has 5 heterocycles. The fourth-order valence-electron chi connectivity index (χ4n) is 5.71. The number of likely N-dealkylation sites (tertiary alicyclic amines) is 1. The number of nitrogens with zero attached hydrogens (tertiary/aromatic N) is 4. The van der Waals surface area contributed by atoms with Crippen LogP contribution in [0, 0.1) is 5.82 Å². The number of hydrogen-bond acceptors (Lipinski definition) is 5. The maximum absolute atomic E-state index is 14.3. The van der Waals surface area contributed by atoms with Gasteiger partial charge in [-0.3, -0.25) is 15.0 Å². The van der Waals surface area contributed by atoms with Gasteiger partial charge in [0.05, 0.1) is 24.0 Å². The van der Waals surface area contributed by atoms with Crippen molar-refractivity contribution < 1.29 is 9.13 Å². The Kier molecular flexibility index (Phi) is 6.24. The zero-order chi connectivity index (χ0) is 27.1. The first-order chi connectivity index (χ1) is 19.6. The zero-order valence-electron chi connectivity index (χ0n) is 22.2. The van der Waals surface area contributed by atoms with Gasteiger partial charge in [-0.05, 0) is 85.1 Å².